The molecule has 0 aliphatic rings. The van der Waals surface area contributed by atoms with Crippen LogP contribution < -0.4 is 0 Å². The summed E-state index contributed by atoms with van der Waals surface area (Å²) < 4.78 is 0. The first-order valence-corrected chi connectivity index (χ1v) is 2.13. The van der Waals surface area contributed by atoms with Gasteiger partial charge in [-0.15, -0.1) is 0 Å². The van der Waals surface area contributed by atoms with Crippen molar-refractivity contribution in [2.75, 3.05) is 0 Å². The smallest absolute Gasteiger partial charge is 0.292 e. The Hall–Kier alpha value is 0.215. The van der Waals surface area contributed by atoms with Crippen LogP contribution in [-0.2, 0) is 4.79 Å². The minimum absolute atomic E-state index is 0.0463. The highest BCUT2D eigenvalue weighted by Crippen LogP contribution is 1.71. The molecule has 0 atom stereocenters. The maximum Gasteiger partial charge on any atom is 0.292 e. The maximum atomic E-state index is 9.71. The summed E-state index contributed by atoms with van der Waals surface area (Å²) >= 11 is 2.84. The van der Waals surface area contributed by atoms with Crippen LogP contribution in [0, 0.1) is 0 Å². The predicted molar refractivity (Wildman–Crippen MR) is 25.4 cm³/mol. The van der Waals surface area contributed by atoms with E-state index >= 15 is 0 Å². The largest absolute Gasteiger partial charge is 0.311 e. The molecule has 0 aliphatic heterocycles. The fraction of sp³-hybridized carbons (Fsp3) is 0.500. The summed E-state index contributed by atoms with van der Waals surface area (Å²) in [6.45, 7) is 1.48. The molecule has 1 radical (unpaired) electrons. The first-order chi connectivity index (χ1) is 2.27. The molecular formula is C2H3BBrO. The van der Waals surface area contributed by atoms with E-state index in [1.807, 2.05) is 0 Å². The second kappa shape index (κ2) is 2.45. The van der Waals surface area contributed by atoms with E-state index in [0.717, 1.165) is 0 Å². The van der Waals surface area contributed by atoms with Gasteiger partial charge in [0.15, 0.2) is 0 Å². The van der Waals surface area contributed by atoms with Crippen molar-refractivity contribution >= 4 is 27.5 Å². The zero-order valence-electron chi connectivity index (χ0n) is 2.86. The van der Waals surface area contributed by atoms with Gasteiger partial charge in [-0.05, 0) is 6.92 Å². The molecule has 0 saturated carbocycles. The lowest BCUT2D eigenvalue weighted by Crippen LogP contribution is -1.91. The molecule has 27 valence electrons. The Morgan fingerprint density at radius 2 is 2.20 bits per heavy atom. The number of carbonyl (C=O) groups excluding carboxylic acids is 1. The molecule has 0 N–H and O–H groups in total. The quantitative estimate of drug-likeness (QED) is 0.478. The molecule has 3 heteroatoms. The Morgan fingerprint density at radius 1 is 2.00 bits per heavy atom. The third kappa shape index (κ3) is 4.21. The topological polar surface area (TPSA) is 17.1 Å². The van der Waals surface area contributed by atoms with Gasteiger partial charge in [-0.3, -0.25) is 0 Å². The summed E-state index contributed by atoms with van der Waals surface area (Å²) in [7, 11) is 0. The highest BCUT2D eigenvalue weighted by molar-refractivity contribution is 9.24. The number of hydrogen-bond donors (Lipinski definition) is 0. The van der Waals surface area contributed by atoms with Gasteiger partial charge in [0.2, 0.25) is 0 Å². The van der Waals surface area contributed by atoms with E-state index in [1.165, 1.54) is 13.0 Å². The molecule has 0 rings (SSSR count). The van der Waals surface area contributed by atoms with Gasteiger partial charge in [0.05, 0.1) is 5.68 Å². The minimum atomic E-state index is 0.0463. The van der Waals surface area contributed by atoms with E-state index in [4.69, 9.17) is 0 Å². The normalized spacial score (nSPS) is 6.80. The summed E-state index contributed by atoms with van der Waals surface area (Å²) in [5.41, 5.74) is 0.0463. The molecule has 0 aromatic heterocycles. The first kappa shape index (κ1) is 5.21. The Bertz CT molecular complexity index is 44.9. The van der Waals surface area contributed by atoms with Crippen molar-refractivity contribution < 1.29 is 4.79 Å². The van der Waals surface area contributed by atoms with E-state index in [2.05, 4.69) is 15.8 Å². The van der Waals surface area contributed by atoms with Crippen molar-refractivity contribution in [1.82, 2.24) is 0 Å². The fourth-order valence-corrected chi connectivity index (χ4v) is 0. The van der Waals surface area contributed by atoms with E-state index < -0.39 is 0 Å². The highest BCUT2D eigenvalue weighted by atomic mass is 79.9. The summed E-state index contributed by atoms with van der Waals surface area (Å²) in [6.07, 6.45) is 1.34. The van der Waals surface area contributed by atoms with Gasteiger partial charge in [0.25, 0.3) is 6.10 Å². The van der Waals surface area contributed by atoms with Crippen LogP contribution in [0.5, 0.6) is 0 Å². The first-order valence-electron chi connectivity index (χ1n) is 1.21. The van der Waals surface area contributed by atoms with E-state index in [0.29, 0.717) is 0 Å². The fourth-order valence-electron chi connectivity index (χ4n) is 0. The van der Waals surface area contributed by atoms with E-state index in [1.54, 1.807) is 0 Å². The van der Waals surface area contributed by atoms with Crippen LogP contribution >= 0.6 is 15.8 Å². The van der Waals surface area contributed by atoms with Gasteiger partial charge in [-0.1, -0.05) is 0 Å². The summed E-state index contributed by atoms with van der Waals surface area (Å²) in [5.74, 6) is 0. The number of hydrogen-bond acceptors (Lipinski definition) is 1. The molecule has 0 aromatic rings. The van der Waals surface area contributed by atoms with Crippen LogP contribution in [0.15, 0.2) is 0 Å². The molecule has 0 bridgehead atoms. The van der Waals surface area contributed by atoms with Crippen molar-refractivity contribution in [3.63, 3.8) is 0 Å². The van der Waals surface area contributed by atoms with Crippen molar-refractivity contribution in [2.24, 2.45) is 0 Å². The summed E-state index contributed by atoms with van der Waals surface area (Å²) in [4.78, 5) is 9.71. The highest BCUT2D eigenvalue weighted by Gasteiger charge is 1.84. The van der Waals surface area contributed by atoms with E-state index in [-0.39, 0.29) is 5.68 Å². The number of carbonyl (C=O) groups is 1. The molecule has 5 heavy (non-hydrogen) atoms. The van der Waals surface area contributed by atoms with Gasteiger partial charge in [0, 0.05) is 0 Å². The van der Waals surface area contributed by atoms with Crippen molar-refractivity contribution in [1.29, 1.82) is 0 Å². The summed E-state index contributed by atoms with van der Waals surface area (Å²) in [5, 5.41) is 0. The third-order valence-electron chi connectivity index (χ3n) is 0.154. The Balaban J connectivity index is 2.85. The SMILES string of the molecule is CC(=O)[B]Br. The van der Waals surface area contributed by atoms with Gasteiger partial charge in [-0.2, -0.15) is 15.8 Å². The lowest BCUT2D eigenvalue weighted by atomic mass is 10.1. The maximum absolute atomic E-state index is 9.71. The van der Waals surface area contributed by atoms with Gasteiger partial charge >= 0.3 is 0 Å². The molecule has 0 aromatic carbocycles. The van der Waals surface area contributed by atoms with Gasteiger partial charge in [0.1, 0.15) is 0 Å². The number of rotatable bonds is 1. The zero-order chi connectivity index (χ0) is 4.28. The molecular weight excluding hydrogens is 131 g/mol. The van der Waals surface area contributed by atoms with Crippen LogP contribution in [-0.4, -0.2) is 11.8 Å². The summed E-state index contributed by atoms with van der Waals surface area (Å²) in [6, 6.07) is 0. The molecule has 0 fully saturated rings. The Labute approximate surface area is 40.0 Å². The van der Waals surface area contributed by atoms with Crippen LogP contribution in [0.2, 0.25) is 0 Å². The third-order valence-corrected chi connectivity index (χ3v) is 0.798. The van der Waals surface area contributed by atoms with Crippen LogP contribution in [0.4, 0.5) is 0 Å². The molecule has 0 amide bonds. The monoisotopic (exact) mass is 133 g/mol. The van der Waals surface area contributed by atoms with Crippen LogP contribution in [0.3, 0.4) is 0 Å². The molecule has 0 spiro atoms. The lowest BCUT2D eigenvalue weighted by Gasteiger charge is -1.66. The van der Waals surface area contributed by atoms with Crippen molar-refractivity contribution in [2.45, 2.75) is 6.92 Å². The average Bonchev–Trinajstić information content (AvgIpc) is 1.38. The molecule has 0 aliphatic carbocycles. The van der Waals surface area contributed by atoms with E-state index in [9.17, 15) is 4.79 Å². The van der Waals surface area contributed by atoms with Crippen LogP contribution in [0.25, 0.3) is 0 Å². The second-order valence-corrected chi connectivity index (χ2v) is 1.18. The standard InChI is InChI=1S/C2H3BBrO/c1-2(5)3-4/h1H3. The second-order valence-electron chi connectivity index (χ2n) is 0.720. The Kier molecular flexibility index (Phi) is 2.56. The number of halogens is 1. The predicted octanol–water partition coefficient (Wildman–Crippen LogP) is 0.547. The molecule has 1 nitrogen and oxygen atoms in total. The minimum Gasteiger partial charge on any atom is -0.311 e. The van der Waals surface area contributed by atoms with Crippen molar-refractivity contribution in [3.05, 3.63) is 0 Å². The lowest BCUT2D eigenvalue weighted by molar-refractivity contribution is -0.109. The van der Waals surface area contributed by atoms with Gasteiger partial charge < -0.3 is 4.79 Å². The zero-order valence-corrected chi connectivity index (χ0v) is 4.45. The molecule has 0 saturated heterocycles. The molecule has 0 unspecified atom stereocenters. The van der Waals surface area contributed by atoms with Gasteiger partial charge in [-0.25, -0.2) is 0 Å². The average molecular weight is 134 g/mol. The van der Waals surface area contributed by atoms with Crippen molar-refractivity contribution in [3.8, 4) is 0 Å². The molecule has 0 heterocycles. The van der Waals surface area contributed by atoms with Crippen LogP contribution in [0.1, 0.15) is 6.92 Å². The Morgan fingerprint density at radius 3 is 2.20 bits per heavy atom.